The summed E-state index contributed by atoms with van der Waals surface area (Å²) in [6.07, 6.45) is -0.664. The van der Waals surface area contributed by atoms with Crippen molar-refractivity contribution in [2.24, 2.45) is 0 Å². The van der Waals surface area contributed by atoms with Crippen molar-refractivity contribution in [2.45, 2.75) is 39.2 Å². The Hall–Kier alpha value is -1.39. The highest BCUT2D eigenvalue weighted by Crippen LogP contribution is 2.08. The molecular formula is C9H14O5. The number of ketones is 1. The van der Waals surface area contributed by atoms with Crippen molar-refractivity contribution in [3.05, 3.63) is 0 Å². The Morgan fingerprint density at radius 1 is 1.14 bits per heavy atom. The average molecular weight is 202 g/mol. The van der Waals surface area contributed by atoms with Crippen LogP contribution in [-0.2, 0) is 19.1 Å². The van der Waals surface area contributed by atoms with E-state index in [2.05, 4.69) is 0 Å². The second kappa shape index (κ2) is 4.74. The van der Waals surface area contributed by atoms with E-state index in [1.54, 1.807) is 20.8 Å². The quantitative estimate of drug-likeness (QED) is 0.537. The van der Waals surface area contributed by atoms with Gasteiger partial charge in [0.25, 0.3) is 0 Å². The van der Waals surface area contributed by atoms with Gasteiger partial charge in [-0.2, -0.15) is 0 Å². The number of Topliss-reactive ketones (excluding diaryl/α,β-unsaturated/α-hetero) is 1. The van der Waals surface area contributed by atoms with Crippen molar-refractivity contribution in [1.82, 2.24) is 0 Å². The zero-order valence-electron chi connectivity index (χ0n) is 8.49. The Morgan fingerprint density at radius 2 is 1.64 bits per heavy atom. The number of hydrogen-bond acceptors (Lipinski definition) is 4. The van der Waals surface area contributed by atoms with Gasteiger partial charge in [0.2, 0.25) is 5.78 Å². The maximum Gasteiger partial charge on any atom is 0.375 e. The molecule has 0 bridgehead atoms. The van der Waals surface area contributed by atoms with Crippen molar-refractivity contribution in [2.75, 3.05) is 0 Å². The topological polar surface area (TPSA) is 80.7 Å². The monoisotopic (exact) mass is 202 g/mol. The molecule has 0 atom stereocenters. The first-order valence-electron chi connectivity index (χ1n) is 4.20. The summed E-state index contributed by atoms with van der Waals surface area (Å²) in [7, 11) is 0. The van der Waals surface area contributed by atoms with Gasteiger partial charge in [0.1, 0.15) is 5.60 Å². The molecule has 0 aromatic rings. The lowest BCUT2D eigenvalue weighted by atomic mass is 10.2. The first-order valence-corrected chi connectivity index (χ1v) is 4.20. The maximum atomic E-state index is 11.0. The van der Waals surface area contributed by atoms with Crippen molar-refractivity contribution in [3.63, 3.8) is 0 Å². The number of carbonyl (C=O) groups is 3. The van der Waals surface area contributed by atoms with E-state index in [4.69, 9.17) is 9.84 Å². The highest BCUT2D eigenvalue weighted by atomic mass is 16.6. The SMILES string of the molecule is CC(C)(C)OC(=O)C(=O)CCC(=O)O. The number of hydrogen-bond donors (Lipinski definition) is 1. The fourth-order valence-electron chi connectivity index (χ4n) is 0.658. The van der Waals surface area contributed by atoms with E-state index in [0.717, 1.165) is 0 Å². The summed E-state index contributed by atoms with van der Waals surface area (Å²) in [6, 6.07) is 0. The molecule has 0 aliphatic rings. The minimum atomic E-state index is -1.11. The molecule has 0 fully saturated rings. The summed E-state index contributed by atoms with van der Waals surface area (Å²) in [6.45, 7) is 4.90. The van der Waals surface area contributed by atoms with Crippen LogP contribution < -0.4 is 0 Å². The van der Waals surface area contributed by atoms with Crippen LogP contribution in [0.25, 0.3) is 0 Å². The Morgan fingerprint density at radius 3 is 2.00 bits per heavy atom. The van der Waals surface area contributed by atoms with Crippen LogP contribution in [-0.4, -0.2) is 28.4 Å². The van der Waals surface area contributed by atoms with Crippen molar-refractivity contribution < 1.29 is 24.2 Å². The van der Waals surface area contributed by atoms with Crippen LogP contribution in [0.2, 0.25) is 0 Å². The first-order chi connectivity index (χ1) is 6.22. The third-order valence-corrected chi connectivity index (χ3v) is 1.19. The van der Waals surface area contributed by atoms with Gasteiger partial charge in [-0.1, -0.05) is 0 Å². The van der Waals surface area contributed by atoms with E-state index in [0.29, 0.717) is 0 Å². The highest BCUT2D eigenvalue weighted by molar-refractivity contribution is 6.33. The number of esters is 1. The number of aliphatic carboxylic acids is 1. The third-order valence-electron chi connectivity index (χ3n) is 1.19. The largest absolute Gasteiger partial charge is 0.481 e. The minimum absolute atomic E-state index is 0.315. The number of carboxylic acids is 1. The molecule has 0 saturated heterocycles. The van der Waals surface area contributed by atoms with E-state index >= 15 is 0 Å². The van der Waals surface area contributed by atoms with Crippen LogP contribution in [0.1, 0.15) is 33.6 Å². The number of carboxylic acid groups (broad SMARTS) is 1. The van der Waals surface area contributed by atoms with Gasteiger partial charge >= 0.3 is 11.9 Å². The summed E-state index contributed by atoms with van der Waals surface area (Å²) < 4.78 is 4.75. The molecule has 0 heterocycles. The van der Waals surface area contributed by atoms with E-state index in [-0.39, 0.29) is 12.8 Å². The van der Waals surface area contributed by atoms with Crippen molar-refractivity contribution in [3.8, 4) is 0 Å². The van der Waals surface area contributed by atoms with Gasteiger partial charge < -0.3 is 9.84 Å². The lowest BCUT2D eigenvalue weighted by Crippen LogP contribution is -2.29. The molecule has 80 valence electrons. The minimum Gasteiger partial charge on any atom is -0.481 e. The summed E-state index contributed by atoms with van der Waals surface area (Å²) in [5, 5.41) is 8.27. The molecule has 0 radical (unpaired) electrons. The molecule has 5 nitrogen and oxygen atoms in total. The summed E-state index contributed by atoms with van der Waals surface area (Å²) in [5.74, 6) is -2.89. The van der Waals surface area contributed by atoms with Crippen LogP contribution in [0.5, 0.6) is 0 Å². The first kappa shape index (κ1) is 12.6. The molecule has 0 amide bonds. The lowest BCUT2D eigenvalue weighted by Gasteiger charge is -2.18. The average Bonchev–Trinajstić information content (AvgIpc) is 1.96. The molecule has 0 rings (SSSR count). The van der Waals surface area contributed by atoms with E-state index in [1.807, 2.05) is 0 Å². The molecule has 5 heteroatoms. The molecular weight excluding hydrogens is 188 g/mol. The number of ether oxygens (including phenoxy) is 1. The molecule has 0 aromatic carbocycles. The molecule has 14 heavy (non-hydrogen) atoms. The van der Waals surface area contributed by atoms with Gasteiger partial charge in [-0.15, -0.1) is 0 Å². The zero-order chi connectivity index (χ0) is 11.4. The molecule has 0 aliphatic carbocycles. The number of rotatable bonds is 4. The predicted molar refractivity (Wildman–Crippen MR) is 47.7 cm³/mol. The van der Waals surface area contributed by atoms with Crippen LogP contribution in [0.3, 0.4) is 0 Å². The van der Waals surface area contributed by atoms with Gasteiger partial charge in [0.15, 0.2) is 0 Å². The standard InChI is InChI=1S/C9H14O5/c1-9(2,3)14-8(13)6(10)4-5-7(11)12/h4-5H2,1-3H3,(H,11,12). The molecule has 0 aromatic heterocycles. The lowest BCUT2D eigenvalue weighted by molar-refractivity contribution is -0.162. The van der Waals surface area contributed by atoms with Crippen LogP contribution in [0.4, 0.5) is 0 Å². The van der Waals surface area contributed by atoms with Gasteiger partial charge in [-0.05, 0) is 20.8 Å². The summed E-state index contributed by atoms with van der Waals surface area (Å²) in [4.78, 5) is 32.1. The van der Waals surface area contributed by atoms with Gasteiger partial charge in [-0.25, -0.2) is 4.79 Å². The molecule has 1 N–H and O–H groups in total. The maximum absolute atomic E-state index is 11.0. The fourth-order valence-corrected chi connectivity index (χ4v) is 0.658. The van der Waals surface area contributed by atoms with E-state index in [9.17, 15) is 14.4 Å². The smallest absolute Gasteiger partial charge is 0.375 e. The van der Waals surface area contributed by atoms with Crippen molar-refractivity contribution >= 4 is 17.7 Å². The number of carbonyl (C=O) groups excluding carboxylic acids is 2. The Kier molecular flexibility index (Phi) is 4.27. The van der Waals surface area contributed by atoms with Crippen LogP contribution >= 0.6 is 0 Å². The predicted octanol–water partition coefficient (Wildman–Crippen LogP) is 0.762. The zero-order valence-corrected chi connectivity index (χ0v) is 8.49. The molecule has 0 spiro atoms. The summed E-state index contributed by atoms with van der Waals surface area (Å²) in [5.41, 5.74) is -0.726. The Bertz CT molecular complexity index is 248. The molecule has 0 aliphatic heterocycles. The molecule has 0 unspecified atom stereocenters. The van der Waals surface area contributed by atoms with Gasteiger partial charge in [0.05, 0.1) is 6.42 Å². The van der Waals surface area contributed by atoms with Crippen molar-refractivity contribution in [1.29, 1.82) is 0 Å². The third kappa shape index (κ3) is 6.16. The van der Waals surface area contributed by atoms with E-state index < -0.39 is 23.3 Å². The molecule has 0 saturated carbocycles. The second-order valence-electron chi connectivity index (χ2n) is 3.82. The fraction of sp³-hybridized carbons (Fsp3) is 0.667. The second-order valence-corrected chi connectivity index (χ2v) is 3.82. The van der Waals surface area contributed by atoms with E-state index in [1.165, 1.54) is 0 Å². The Balaban J connectivity index is 4.01. The van der Waals surface area contributed by atoms with Gasteiger partial charge in [-0.3, -0.25) is 9.59 Å². The van der Waals surface area contributed by atoms with Crippen LogP contribution in [0, 0.1) is 0 Å². The van der Waals surface area contributed by atoms with Gasteiger partial charge in [0, 0.05) is 6.42 Å². The highest BCUT2D eigenvalue weighted by Gasteiger charge is 2.22. The normalized spacial score (nSPS) is 10.8. The summed E-state index contributed by atoms with van der Waals surface area (Å²) >= 11 is 0. The van der Waals surface area contributed by atoms with Crippen LogP contribution in [0.15, 0.2) is 0 Å². The Labute approximate surface area is 82.1 Å².